The molecule has 0 aliphatic heterocycles. The second-order valence-corrected chi connectivity index (χ2v) is 7.07. The second kappa shape index (κ2) is 11.7. The van der Waals surface area contributed by atoms with Crippen molar-refractivity contribution in [2.24, 2.45) is 0 Å². The quantitative estimate of drug-likeness (QED) is 0.421. The molecule has 2 N–H and O–H groups in total. The first-order chi connectivity index (χ1) is 8.06. The highest BCUT2D eigenvalue weighted by Crippen LogP contribution is 2.35. The average molecular weight is 282 g/mol. The summed E-state index contributed by atoms with van der Waals surface area (Å²) in [5.41, 5.74) is 0. The molecule has 0 fully saturated rings. The summed E-state index contributed by atoms with van der Waals surface area (Å²) in [5.74, 6) is 0. The summed E-state index contributed by atoms with van der Waals surface area (Å²) >= 11 is 0. The van der Waals surface area contributed by atoms with Crippen LogP contribution >= 0.6 is 16.8 Å². The average Bonchev–Trinajstić information content (AvgIpc) is 2.24. The molecule has 1 atom stereocenters. The van der Waals surface area contributed by atoms with Crippen molar-refractivity contribution in [1.82, 2.24) is 0 Å². The lowest BCUT2D eigenvalue weighted by atomic mass is 10.1. The third-order valence-electron chi connectivity index (χ3n) is 2.90. The van der Waals surface area contributed by atoms with E-state index in [0.717, 1.165) is 12.8 Å². The standard InChI is InChI=1S/C12H28O3P2/c13-17(14,15)12-10-8-6-4-2-1-3-5-7-9-11-16/h1-12,16H2,(H2,13,14,15). The lowest BCUT2D eigenvalue weighted by Crippen LogP contribution is -1.88. The van der Waals surface area contributed by atoms with E-state index in [0.29, 0.717) is 6.42 Å². The van der Waals surface area contributed by atoms with Gasteiger partial charge < -0.3 is 9.79 Å². The molecule has 0 saturated heterocycles. The van der Waals surface area contributed by atoms with Crippen molar-refractivity contribution >= 4 is 16.8 Å². The minimum absolute atomic E-state index is 0.0576. The maximum Gasteiger partial charge on any atom is 0.325 e. The van der Waals surface area contributed by atoms with Crippen LogP contribution in [-0.2, 0) is 4.57 Å². The first-order valence-electron chi connectivity index (χ1n) is 6.81. The molecule has 104 valence electrons. The molecule has 0 heterocycles. The highest BCUT2D eigenvalue weighted by atomic mass is 31.2. The van der Waals surface area contributed by atoms with Crippen LogP contribution in [-0.4, -0.2) is 22.1 Å². The Hall–Kier alpha value is 0.580. The van der Waals surface area contributed by atoms with E-state index >= 15 is 0 Å². The molecule has 5 heteroatoms. The predicted octanol–water partition coefficient (Wildman–Crippen LogP) is 3.94. The first-order valence-corrected chi connectivity index (χ1v) is 9.42. The van der Waals surface area contributed by atoms with E-state index in [9.17, 15) is 4.57 Å². The van der Waals surface area contributed by atoms with E-state index in [-0.39, 0.29) is 6.16 Å². The number of hydrogen-bond donors (Lipinski definition) is 2. The van der Waals surface area contributed by atoms with Crippen LogP contribution in [0.1, 0.15) is 64.2 Å². The van der Waals surface area contributed by atoms with Gasteiger partial charge in [0.2, 0.25) is 0 Å². The fourth-order valence-corrected chi connectivity index (χ4v) is 2.80. The Morgan fingerprint density at radius 2 is 1.06 bits per heavy atom. The van der Waals surface area contributed by atoms with E-state index in [1.54, 1.807) is 0 Å². The van der Waals surface area contributed by atoms with Crippen molar-refractivity contribution in [2.75, 3.05) is 12.3 Å². The molecule has 0 aliphatic carbocycles. The SMILES string of the molecule is O=P(O)(O)CCCCCCCCCCCCP. The van der Waals surface area contributed by atoms with Gasteiger partial charge in [0, 0.05) is 6.16 Å². The minimum atomic E-state index is -3.74. The Labute approximate surface area is 108 Å². The molecule has 0 spiro atoms. The Balaban J connectivity index is 3.01. The van der Waals surface area contributed by atoms with Crippen molar-refractivity contribution < 1.29 is 14.4 Å². The fourth-order valence-electron chi connectivity index (χ4n) is 1.88. The molecule has 0 radical (unpaired) electrons. The van der Waals surface area contributed by atoms with Gasteiger partial charge >= 0.3 is 7.60 Å². The Kier molecular flexibility index (Phi) is 12.1. The van der Waals surface area contributed by atoms with Crippen LogP contribution in [0, 0.1) is 0 Å². The first kappa shape index (κ1) is 17.6. The Morgan fingerprint density at radius 3 is 1.41 bits per heavy atom. The molecule has 0 rings (SSSR count). The third kappa shape index (κ3) is 16.6. The molecule has 17 heavy (non-hydrogen) atoms. The summed E-state index contributed by atoms with van der Waals surface area (Å²) in [7, 11) is -0.981. The lowest BCUT2D eigenvalue weighted by Gasteiger charge is -2.04. The smallest absolute Gasteiger partial charge is 0.324 e. The summed E-state index contributed by atoms with van der Waals surface area (Å²) < 4.78 is 10.6. The number of unbranched alkanes of at least 4 members (excludes halogenated alkanes) is 9. The monoisotopic (exact) mass is 282 g/mol. The van der Waals surface area contributed by atoms with E-state index in [1.165, 1.54) is 51.1 Å². The van der Waals surface area contributed by atoms with Gasteiger partial charge in [0.25, 0.3) is 0 Å². The molecular weight excluding hydrogens is 254 g/mol. The van der Waals surface area contributed by atoms with E-state index in [1.807, 2.05) is 0 Å². The van der Waals surface area contributed by atoms with Crippen molar-refractivity contribution in [3.8, 4) is 0 Å². The fraction of sp³-hybridized carbons (Fsp3) is 1.00. The summed E-state index contributed by atoms with van der Waals surface area (Å²) in [6.45, 7) is 0. The van der Waals surface area contributed by atoms with Gasteiger partial charge in [-0.2, -0.15) is 0 Å². The van der Waals surface area contributed by atoms with Crippen molar-refractivity contribution in [3.63, 3.8) is 0 Å². The van der Waals surface area contributed by atoms with Crippen molar-refractivity contribution in [1.29, 1.82) is 0 Å². The van der Waals surface area contributed by atoms with Crippen LogP contribution in [0.3, 0.4) is 0 Å². The third-order valence-corrected chi connectivity index (χ3v) is 4.21. The molecule has 1 unspecified atom stereocenters. The largest absolute Gasteiger partial charge is 0.325 e. The number of rotatable bonds is 12. The lowest BCUT2D eigenvalue weighted by molar-refractivity contribution is 0.370. The van der Waals surface area contributed by atoms with Gasteiger partial charge in [0.05, 0.1) is 0 Å². The van der Waals surface area contributed by atoms with Crippen LogP contribution in [0.5, 0.6) is 0 Å². The van der Waals surface area contributed by atoms with Crippen LogP contribution in [0.4, 0.5) is 0 Å². The molecule has 0 aliphatic rings. The highest BCUT2D eigenvalue weighted by Gasteiger charge is 2.10. The van der Waals surface area contributed by atoms with Gasteiger partial charge in [-0.1, -0.05) is 51.4 Å². The van der Waals surface area contributed by atoms with Gasteiger partial charge in [-0.15, -0.1) is 9.24 Å². The van der Waals surface area contributed by atoms with Crippen LogP contribution in [0.25, 0.3) is 0 Å². The van der Waals surface area contributed by atoms with E-state index in [2.05, 4.69) is 9.24 Å². The zero-order chi connectivity index (χ0) is 13.0. The second-order valence-electron chi connectivity index (χ2n) is 4.71. The van der Waals surface area contributed by atoms with Gasteiger partial charge in [-0.25, -0.2) is 0 Å². The zero-order valence-corrected chi connectivity index (χ0v) is 12.9. The maximum atomic E-state index is 10.6. The molecule has 3 nitrogen and oxygen atoms in total. The van der Waals surface area contributed by atoms with Gasteiger partial charge in [-0.05, 0) is 19.0 Å². The summed E-state index contributed by atoms with van der Waals surface area (Å²) in [6, 6.07) is 0. The minimum Gasteiger partial charge on any atom is -0.324 e. The van der Waals surface area contributed by atoms with Gasteiger partial charge in [0.15, 0.2) is 0 Å². The Morgan fingerprint density at radius 1 is 0.706 bits per heavy atom. The Bertz CT molecular complexity index is 204. The molecule has 0 amide bonds. The topological polar surface area (TPSA) is 57.5 Å². The molecular formula is C12H28O3P2. The molecule has 0 bridgehead atoms. The van der Waals surface area contributed by atoms with E-state index in [4.69, 9.17) is 9.79 Å². The number of hydrogen-bond acceptors (Lipinski definition) is 1. The van der Waals surface area contributed by atoms with Gasteiger partial charge in [-0.3, -0.25) is 4.57 Å². The van der Waals surface area contributed by atoms with Crippen LogP contribution < -0.4 is 0 Å². The molecule has 0 aromatic carbocycles. The normalized spacial score (nSPS) is 11.9. The van der Waals surface area contributed by atoms with E-state index < -0.39 is 7.60 Å². The molecule has 0 saturated carbocycles. The van der Waals surface area contributed by atoms with Crippen molar-refractivity contribution in [3.05, 3.63) is 0 Å². The van der Waals surface area contributed by atoms with Crippen LogP contribution in [0.2, 0.25) is 0 Å². The van der Waals surface area contributed by atoms with Gasteiger partial charge in [0.1, 0.15) is 0 Å². The summed E-state index contributed by atoms with van der Waals surface area (Å²) in [6.07, 6.45) is 13.2. The van der Waals surface area contributed by atoms with Crippen molar-refractivity contribution in [2.45, 2.75) is 64.2 Å². The highest BCUT2D eigenvalue weighted by molar-refractivity contribution is 7.51. The predicted molar refractivity (Wildman–Crippen MR) is 77.7 cm³/mol. The molecule has 0 aromatic heterocycles. The summed E-state index contributed by atoms with van der Waals surface area (Å²) in [5, 5.41) is 0. The maximum absolute atomic E-state index is 10.6. The summed E-state index contributed by atoms with van der Waals surface area (Å²) in [4.78, 5) is 17.3. The zero-order valence-electron chi connectivity index (χ0n) is 10.8. The van der Waals surface area contributed by atoms with Crippen LogP contribution in [0.15, 0.2) is 0 Å². The molecule has 0 aromatic rings.